The smallest absolute Gasteiger partial charge is 0.132 e. The van der Waals surface area contributed by atoms with Gasteiger partial charge in [0.2, 0.25) is 0 Å². The van der Waals surface area contributed by atoms with Crippen LogP contribution in [0.3, 0.4) is 0 Å². The van der Waals surface area contributed by atoms with Gasteiger partial charge in [0.05, 0.1) is 27.5 Å². The number of hydrogen-bond acceptors (Lipinski definition) is 1. The highest BCUT2D eigenvalue weighted by atomic mass is 16.5. The van der Waals surface area contributed by atoms with Gasteiger partial charge in [0, 0.05) is 49.6 Å². The maximum atomic E-state index is 6.63. The Balaban J connectivity index is 1.29. The molecule has 12 rings (SSSR count). The summed E-state index contributed by atoms with van der Waals surface area (Å²) < 4.78 is 11.6. The Morgan fingerprint density at radius 2 is 0.923 bits per heavy atom. The number of aromatic nitrogens is 2. The molecular weight excluding hydrogens is 633 g/mol. The van der Waals surface area contributed by atoms with E-state index >= 15 is 0 Å². The van der Waals surface area contributed by atoms with Crippen molar-refractivity contribution in [3.05, 3.63) is 204 Å². The largest absolute Gasteiger partial charge is 0.457 e. The second kappa shape index (κ2) is 10.1. The molecule has 2 aromatic heterocycles. The molecule has 0 saturated carbocycles. The van der Waals surface area contributed by atoms with Gasteiger partial charge >= 0.3 is 0 Å². The first kappa shape index (κ1) is 27.9. The molecule has 1 aliphatic carbocycles. The van der Waals surface area contributed by atoms with Crippen LogP contribution in [0.1, 0.15) is 22.3 Å². The molecule has 10 aromatic rings. The summed E-state index contributed by atoms with van der Waals surface area (Å²) in [5, 5.41) is 5.00. The number of ether oxygens (including phenoxy) is 1. The summed E-state index contributed by atoms with van der Waals surface area (Å²) in [4.78, 5) is 0. The SMILES string of the molecule is c1ccc(-n2c3ccccc3c3cc4c5ccc6c(c5n(-c5ccccc5)c4cc32)-c2ccccc2C62c3ccccc3Oc3ccccc32)cc1. The van der Waals surface area contributed by atoms with Crippen LogP contribution in [0.15, 0.2) is 182 Å². The molecule has 52 heavy (non-hydrogen) atoms. The number of rotatable bonds is 2. The second-order valence-electron chi connectivity index (χ2n) is 14.0. The van der Waals surface area contributed by atoms with E-state index < -0.39 is 5.41 Å². The van der Waals surface area contributed by atoms with E-state index in [1.165, 1.54) is 77.0 Å². The predicted octanol–water partition coefficient (Wildman–Crippen LogP) is 12.3. The summed E-state index contributed by atoms with van der Waals surface area (Å²) in [6.07, 6.45) is 0. The molecule has 3 nitrogen and oxygen atoms in total. The first-order valence-electron chi connectivity index (χ1n) is 17.9. The van der Waals surface area contributed by atoms with Crippen LogP contribution in [-0.4, -0.2) is 9.13 Å². The molecule has 0 amide bonds. The first-order chi connectivity index (χ1) is 25.8. The molecule has 0 atom stereocenters. The summed E-state index contributed by atoms with van der Waals surface area (Å²) in [5.41, 5.74) is 14.1. The maximum Gasteiger partial charge on any atom is 0.132 e. The third kappa shape index (κ3) is 3.40. The molecule has 0 N–H and O–H groups in total. The molecule has 0 unspecified atom stereocenters. The zero-order valence-corrected chi connectivity index (χ0v) is 28.1. The van der Waals surface area contributed by atoms with Crippen molar-refractivity contribution in [2.45, 2.75) is 5.41 Å². The molecule has 0 saturated heterocycles. The molecule has 8 aromatic carbocycles. The van der Waals surface area contributed by atoms with Gasteiger partial charge in [-0.25, -0.2) is 0 Å². The average molecular weight is 663 g/mol. The highest BCUT2D eigenvalue weighted by Crippen LogP contribution is 2.63. The number of benzene rings is 8. The summed E-state index contributed by atoms with van der Waals surface area (Å²) in [5.74, 6) is 1.81. The van der Waals surface area contributed by atoms with E-state index in [0.29, 0.717) is 0 Å². The minimum Gasteiger partial charge on any atom is -0.457 e. The van der Waals surface area contributed by atoms with Gasteiger partial charge in [-0.2, -0.15) is 0 Å². The van der Waals surface area contributed by atoms with E-state index in [1.807, 2.05) is 0 Å². The Morgan fingerprint density at radius 1 is 0.365 bits per heavy atom. The summed E-state index contributed by atoms with van der Waals surface area (Å²) in [6.45, 7) is 0. The fourth-order valence-electron chi connectivity index (χ4n) is 9.60. The van der Waals surface area contributed by atoms with Gasteiger partial charge in [-0.1, -0.05) is 127 Å². The topological polar surface area (TPSA) is 19.1 Å². The van der Waals surface area contributed by atoms with Crippen LogP contribution in [0.2, 0.25) is 0 Å². The maximum absolute atomic E-state index is 6.63. The van der Waals surface area contributed by atoms with Gasteiger partial charge in [0.1, 0.15) is 11.5 Å². The highest BCUT2D eigenvalue weighted by Gasteiger charge is 2.51. The zero-order chi connectivity index (χ0) is 34.0. The molecule has 0 fully saturated rings. The Bertz CT molecular complexity index is 3050. The lowest BCUT2D eigenvalue weighted by atomic mass is 9.66. The molecule has 3 heteroatoms. The van der Waals surface area contributed by atoms with E-state index in [9.17, 15) is 0 Å². The Morgan fingerprint density at radius 3 is 1.65 bits per heavy atom. The predicted molar refractivity (Wildman–Crippen MR) is 212 cm³/mol. The summed E-state index contributed by atoms with van der Waals surface area (Å²) >= 11 is 0. The third-order valence-electron chi connectivity index (χ3n) is 11.6. The van der Waals surface area contributed by atoms with Gasteiger partial charge in [-0.15, -0.1) is 0 Å². The fraction of sp³-hybridized carbons (Fsp3) is 0.0204. The highest BCUT2D eigenvalue weighted by molar-refractivity contribution is 6.22. The zero-order valence-electron chi connectivity index (χ0n) is 28.1. The van der Waals surface area contributed by atoms with Crippen LogP contribution in [0.5, 0.6) is 11.5 Å². The van der Waals surface area contributed by atoms with Crippen molar-refractivity contribution in [2.75, 3.05) is 0 Å². The Hall–Kier alpha value is -6.84. The molecule has 2 aliphatic rings. The monoisotopic (exact) mass is 662 g/mol. The van der Waals surface area contributed by atoms with E-state index in [-0.39, 0.29) is 0 Å². The number of hydrogen-bond donors (Lipinski definition) is 0. The molecule has 1 spiro atoms. The standard InChI is InChI=1S/C49H30N2O/c1-3-15-31(16-4-1)50-42-24-12-8-19-33(42)36-29-37-34-27-28-41-47(48(34)51(44(37)30-43(36)50)32-17-5-2-6-18-32)35-20-7-9-21-38(35)49(41)39-22-10-13-25-45(39)52-46-26-14-11-23-40(46)49/h1-30H. The third-order valence-corrected chi connectivity index (χ3v) is 11.6. The molecule has 0 radical (unpaired) electrons. The lowest BCUT2D eigenvalue weighted by molar-refractivity contribution is 0.436. The van der Waals surface area contributed by atoms with Crippen molar-refractivity contribution in [3.8, 4) is 34.0 Å². The van der Waals surface area contributed by atoms with Crippen molar-refractivity contribution in [1.82, 2.24) is 9.13 Å². The van der Waals surface area contributed by atoms with E-state index in [4.69, 9.17) is 4.74 Å². The van der Waals surface area contributed by atoms with Gasteiger partial charge in [-0.3, -0.25) is 0 Å². The minimum absolute atomic E-state index is 0.533. The van der Waals surface area contributed by atoms with Crippen LogP contribution in [0, 0.1) is 0 Å². The summed E-state index contributed by atoms with van der Waals surface area (Å²) in [6, 6.07) is 66.3. The van der Waals surface area contributed by atoms with Crippen LogP contribution in [0.4, 0.5) is 0 Å². The van der Waals surface area contributed by atoms with E-state index in [2.05, 4.69) is 191 Å². The first-order valence-corrected chi connectivity index (χ1v) is 17.9. The van der Waals surface area contributed by atoms with Gasteiger partial charge in [0.25, 0.3) is 0 Å². The van der Waals surface area contributed by atoms with Crippen molar-refractivity contribution >= 4 is 43.6 Å². The molecule has 1 aliphatic heterocycles. The van der Waals surface area contributed by atoms with Crippen LogP contribution in [0.25, 0.3) is 66.1 Å². The molecular formula is C49H30N2O. The van der Waals surface area contributed by atoms with Gasteiger partial charge < -0.3 is 13.9 Å². The van der Waals surface area contributed by atoms with Crippen molar-refractivity contribution in [3.63, 3.8) is 0 Å². The molecule has 0 bridgehead atoms. The lowest BCUT2D eigenvalue weighted by Gasteiger charge is -2.39. The van der Waals surface area contributed by atoms with E-state index in [0.717, 1.165) is 22.9 Å². The molecule has 242 valence electrons. The summed E-state index contributed by atoms with van der Waals surface area (Å²) in [7, 11) is 0. The van der Waals surface area contributed by atoms with Crippen LogP contribution < -0.4 is 4.74 Å². The quantitative estimate of drug-likeness (QED) is 0.180. The Labute approximate surface area is 300 Å². The van der Waals surface area contributed by atoms with Crippen molar-refractivity contribution in [2.24, 2.45) is 0 Å². The van der Waals surface area contributed by atoms with Crippen LogP contribution in [-0.2, 0) is 5.41 Å². The Kier molecular flexibility index (Phi) is 5.43. The number of para-hydroxylation sites is 5. The van der Waals surface area contributed by atoms with Crippen molar-refractivity contribution < 1.29 is 4.74 Å². The second-order valence-corrected chi connectivity index (χ2v) is 14.0. The van der Waals surface area contributed by atoms with Crippen molar-refractivity contribution in [1.29, 1.82) is 0 Å². The lowest BCUT2D eigenvalue weighted by Crippen LogP contribution is -2.32. The number of nitrogens with zero attached hydrogens (tertiary/aromatic N) is 2. The number of fused-ring (bicyclic) bond motifs is 16. The minimum atomic E-state index is -0.533. The normalized spacial score (nSPS) is 13.7. The average Bonchev–Trinajstić information content (AvgIpc) is 3.82. The van der Waals surface area contributed by atoms with E-state index in [1.54, 1.807) is 0 Å². The van der Waals surface area contributed by atoms with Crippen LogP contribution >= 0.6 is 0 Å². The van der Waals surface area contributed by atoms with Gasteiger partial charge in [-0.05, 0) is 71.3 Å². The fourth-order valence-corrected chi connectivity index (χ4v) is 9.60. The molecule has 3 heterocycles. The van der Waals surface area contributed by atoms with Gasteiger partial charge in [0.15, 0.2) is 0 Å².